The molecule has 2 fully saturated rings. The highest BCUT2D eigenvalue weighted by Gasteiger charge is 2.24. The minimum atomic E-state index is 0.571. The predicted molar refractivity (Wildman–Crippen MR) is 63.0 cm³/mol. The van der Waals surface area contributed by atoms with Crippen LogP contribution in [0.25, 0.3) is 0 Å². The molecule has 0 radical (unpaired) electrons. The Kier molecular flexibility index (Phi) is 4.04. The first-order valence-corrected chi connectivity index (χ1v) is 6.54. The van der Waals surface area contributed by atoms with E-state index in [0.717, 1.165) is 18.4 Å². The molecule has 0 aromatic heterocycles. The van der Waals surface area contributed by atoms with E-state index < -0.39 is 0 Å². The standard InChI is InChI=1S/C13H25NO/c1-11-5-8-15-13(9-11)10-12-3-6-14(2)7-4-12/h11-13H,3-10H2,1-2H3. The molecule has 2 atom stereocenters. The molecule has 2 aliphatic heterocycles. The van der Waals surface area contributed by atoms with Gasteiger partial charge in [0.05, 0.1) is 6.10 Å². The second-order valence-corrected chi connectivity index (χ2v) is 5.60. The van der Waals surface area contributed by atoms with Gasteiger partial charge in [-0.2, -0.15) is 0 Å². The summed E-state index contributed by atoms with van der Waals surface area (Å²) in [6, 6.07) is 0. The van der Waals surface area contributed by atoms with E-state index in [-0.39, 0.29) is 0 Å². The van der Waals surface area contributed by atoms with Gasteiger partial charge in [0, 0.05) is 6.61 Å². The Bertz CT molecular complexity index is 187. The van der Waals surface area contributed by atoms with Crippen molar-refractivity contribution in [2.75, 3.05) is 26.7 Å². The molecule has 0 aliphatic carbocycles. The maximum Gasteiger partial charge on any atom is 0.0580 e. The third kappa shape index (κ3) is 3.46. The van der Waals surface area contributed by atoms with Gasteiger partial charge in [0.15, 0.2) is 0 Å². The minimum absolute atomic E-state index is 0.571. The fraction of sp³-hybridized carbons (Fsp3) is 1.00. The van der Waals surface area contributed by atoms with Crippen LogP contribution in [0.2, 0.25) is 0 Å². The maximum absolute atomic E-state index is 5.86. The number of piperidine rings is 1. The largest absolute Gasteiger partial charge is 0.378 e. The summed E-state index contributed by atoms with van der Waals surface area (Å²) in [5, 5.41) is 0. The van der Waals surface area contributed by atoms with Crippen molar-refractivity contribution in [3.8, 4) is 0 Å². The molecular weight excluding hydrogens is 186 g/mol. The second-order valence-electron chi connectivity index (χ2n) is 5.60. The molecule has 0 bridgehead atoms. The van der Waals surface area contributed by atoms with Crippen molar-refractivity contribution in [3.63, 3.8) is 0 Å². The van der Waals surface area contributed by atoms with E-state index in [4.69, 9.17) is 4.74 Å². The summed E-state index contributed by atoms with van der Waals surface area (Å²) in [4.78, 5) is 2.45. The van der Waals surface area contributed by atoms with E-state index in [2.05, 4.69) is 18.9 Å². The van der Waals surface area contributed by atoms with Gasteiger partial charge in [0.2, 0.25) is 0 Å². The first-order chi connectivity index (χ1) is 7.24. The first kappa shape index (κ1) is 11.4. The van der Waals surface area contributed by atoms with Gasteiger partial charge in [-0.1, -0.05) is 6.92 Å². The molecule has 2 heteroatoms. The van der Waals surface area contributed by atoms with Crippen LogP contribution in [0.15, 0.2) is 0 Å². The highest BCUT2D eigenvalue weighted by atomic mass is 16.5. The summed E-state index contributed by atoms with van der Waals surface area (Å²) in [5.41, 5.74) is 0. The quantitative estimate of drug-likeness (QED) is 0.696. The highest BCUT2D eigenvalue weighted by Crippen LogP contribution is 2.28. The Morgan fingerprint density at radius 2 is 1.93 bits per heavy atom. The lowest BCUT2D eigenvalue weighted by Gasteiger charge is -2.34. The van der Waals surface area contributed by atoms with E-state index in [9.17, 15) is 0 Å². The van der Waals surface area contributed by atoms with Crippen LogP contribution in [0.4, 0.5) is 0 Å². The van der Waals surface area contributed by atoms with Gasteiger partial charge < -0.3 is 9.64 Å². The van der Waals surface area contributed by atoms with Crippen LogP contribution in [-0.2, 0) is 4.74 Å². The monoisotopic (exact) mass is 211 g/mol. The molecule has 0 amide bonds. The van der Waals surface area contributed by atoms with Crippen molar-refractivity contribution in [3.05, 3.63) is 0 Å². The van der Waals surface area contributed by atoms with Crippen LogP contribution in [0.5, 0.6) is 0 Å². The minimum Gasteiger partial charge on any atom is -0.378 e. The Morgan fingerprint density at radius 1 is 1.20 bits per heavy atom. The second kappa shape index (κ2) is 5.31. The van der Waals surface area contributed by atoms with Gasteiger partial charge >= 0.3 is 0 Å². The van der Waals surface area contributed by atoms with Gasteiger partial charge in [-0.05, 0) is 64.1 Å². The third-order valence-electron chi connectivity index (χ3n) is 4.06. The molecule has 2 unspecified atom stereocenters. The van der Waals surface area contributed by atoms with Crippen LogP contribution in [0.3, 0.4) is 0 Å². The van der Waals surface area contributed by atoms with Gasteiger partial charge in [-0.3, -0.25) is 0 Å². The van der Waals surface area contributed by atoms with Gasteiger partial charge in [-0.15, -0.1) is 0 Å². The van der Waals surface area contributed by atoms with Crippen LogP contribution in [-0.4, -0.2) is 37.7 Å². The number of hydrogen-bond donors (Lipinski definition) is 0. The third-order valence-corrected chi connectivity index (χ3v) is 4.06. The van der Waals surface area contributed by atoms with Crippen LogP contribution in [0.1, 0.15) is 39.0 Å². The number of nitrogens with zero attached hydrogens (tertiary/aromatic N) is 1. The Labute approximate surface area is 94.0 Å². The lowest BCUT2D eigenvalue weighted by atomic mass is 9.87. The van der Waals surface area contributed by atoms with Crippen LogP contribution in [0, 0.1) is 11.8 Å². The molecule has 88 valence electrons. The van der Waals surface area contributed by atoms with Crippen LogP contribution >= 0.6 is 0 Å². The van der Waals surface area contributed by atoms with Crippen molar-refractivity contribution in [2.24, 2.45) is 11.8 Å². The Hall–Kier alpha value is -0.0800. The van der Waals surface area contributed by atoms with Crippen molar-refractivity contribution < 1.29 is 4.74 Å². The first-order valence-electron chi connectivity index (χ1n) is 6.54. The molecule has 15 heavy (non-hydrogen) atoms. The van der Waals surface area contributed by atoms with Crippen LogP contribution < -0.4 is 0 Å². The van der Waals surface area contributed by atoms with E-state index in [1.807, 2.05) is 0 Å². The highest BCUT2D eigenvalue weighted by molar-refractivity contribution is 4.76. The number of likely N-dealkylation sites (tertiary alicyclic amines) is 1. The SMILES string of the molecule is CC1CCOC(CC2CCN(C)CC2)C1. The molecular formula is C13H25NO. The topological polar surface area (TPSA) is 12.5 Å². The molecule has 2 aliphatic rings. The molecule has 2 heterocycles. The molecule has 0 saturated carbocycles. The molecule has 0 aromatic carbocycles. The van der Waals surface area contributed by atoms with Crippen molar-refractivity contribution >= 4 is 0 Å². The van der Waals surface area contributed by atoms with E-state index in [1.165, 1.54) is 45.2 Å². The summed E-state index contributed by atoms with van der Waals surface area (Å²) in [6.45, 7) is 5.93. The predicted octanol–water partition coefficient (Wildman–Crippen LogP) is 2.53. The molecule has 0 aromatic rings. The zero-order chi connectivity index (χ0) is 10.7. The molecule has 2 rings (SSSR count). The zero-order valence-corrected chi connectivity index (χ0v) is 10.2. The Balaban J connectivity index is 1.71. The molecule has 2 nitrogen and oxygen atoms in total. The molecule has 0 N–H and O–H groups in total. The van der Waals surface area contributed by atoms with E-state index in [0.29, 0.717) is 6.10 Å². The number of hydrogen-bond acceptors (Lipinski definition) is 2. The summed E-state index contributed by atoms with van der Waals surface area (Å²) in [5.74, 6) is 1.81. The fourth-order valence-electron chi connectivity index (χ4n) is 2.90. The zero-order valence-electron chi connectivity index (χ0n) is 10.2. The average Bonchev–Trinajstić information content (AvgIpc) is 2.22. The number of ether oxygens (including phenoxy) is 1. The smallest absolute Gasteiger partial charge is 0.0580 e. The summed E-state index contributed by atoms with van der Waals surface area (Å²) in [7, 11) is 2.23. The lowest BCUT2D eigenvalue weighted by molar-refractivity contribution is -0.0224. The number of rotatable bonds is 2. The summed E-state index contributed by atoms with van der Waals surface area (Å²) in [6.07, 6.45) is 7.21. The van der Waals surface area contributed by atoms with E-state index >= 15 is 0 Å². The van der Waals surface area contributed by atoms with Crippen molar-refractivity contribution in [1.29, 1.82) is 0 Å². The maximum atomic E-state index is 5.86. The summed E-state index contributed by atoms with van der Waals surface area (Å²) >= 11 is 0. The fourth-order valence-corrected chi connectivity index (χ4v) is 2.90. The van der Waals surface area contributed by atoms with Gasteiger partial charge in [0.1, 0.15) is 0 Å². The average molecular weight is 211 g/mol. The lowest BCUT2D eigenvalue weighted by Crippen LogP contribution is -2.33. The Morgan fingerprint density at radius 3 is 2.60 bits per heavy atom. The van der Waals surface area contributed by atoms with E-state index in [1.54, 1.807) is 0 Å². The van der Waals surface area contributed by atoms with Crippen molar-refractivity contribution in [1.82, 2.24) is 4.90 Å². The normalized spacial score (nSPS) is 35.6. The van der Waals surface area contributed by atoms with Gasteiger partial charge in [0.25, 0.3) is 0 Å². The van der Waals surface area contributed by atoms with Gasteiger partial charge in [-0.25, -0.2) is 0 Å². The molecule has 0 spiro atoms. The van der Waals surface area contributed by atoms with Crippen molar-refractivity contribution in [2.45, 2.75) is 45.1 Å². The summed E-state index contributed by atoms with van der Waals surface area (Å²) < 4.78 is 5.86. The molecule has 2 saturated heterocycles.